The topological polar surface area (TPSA) is 83.9 Å². The number of benzene rings is 1. The summed E-state index contributed by atoms with van der Waals surface area (Å²) in [6.45, 7) is 1.60. The van der Waals surface area contributed by atoms with Gasteiger partial charge in [-0.3, -0.25) is 9.10 Å². The quantitative estimate of drug-likeness (QED) is 0.731. The number of aliphatic carboxylic acids is 1. The van der Waals surface area contributed by atoms with Gasteiger partial charge >= 0.3 is 5.97 Å². The normalized spacial score (nSPS) is 11.3. The van der Waals surface area contributed by atoms with Gasteiger partial charge in [0.2, 0.25) is 10.0 Å². The molecule has 0 aliphatic carbocycles. The Balaban J connectivity index is 2.99. The molecule has 0 saturated carbocycles. The number of aryl methyl sites for hydroxylation is 1. The highest BCUT2D eigenvalue weighted by Crippen LogP contribution is 2.19. The van der Waals surface area contributed by atoms with E-state index in [0.29, 0.717) is 18.7 Å². The van der Waals surface area contributed by atoms with Crippen LogP contribution in [0.2, 0.25) is 0 Å². The Kier molecular flexibility index (Phi) is 5.97. The first kappa shape index (κ1) is 16.5. The van der Waals surface area contributed by atoms with E-state index in [1.165, 1.54) is 7.11 Å². The summed E-state index contributed by atoms with van der Waals surface area (Å²) < 4.78 is 30.2. The Labute approximate surface area is 119 Å². The lowest BCUT2D eigenvalue weighted by molar-refractivity contribution is -0.135. The van der Waals surface area contributed by atoms with Gasteiger partial charge < -0.3 is 9.84 Å². The fourth-order valence-electron chi connectivity index (χ4n) is 1.68. The third-order valence-corrected chi connectivity index (χ3v) is 4.50. The van der Waals surface area contributed by atoms with E-state index in [2.05, 4.69) is 0 Å². The van der Waals surface area contributed by atoms with Crippen molar-refractivity contribution in [2.45, 2.75) is 13.3 Å². The zero-order valence-corrected chi connectivity index (χ0v) is 12.4. The Hall–Kier alpha value is -1.60. The summed E-state index contributed by atoms with van der Waals surface area (Å²) in [5.74, 6) is -1.34. The molecule has 0 radical (unpaired) electrons. The number of rotatable bonds is 8. The largest absolute Gasteiger partial charge is 0.480 e. The van der Waals surface area contributed by atoms with Gasteiger partial charge in [0.15, 0.2) is 0 Å². The Morgan fingerprint density at radius 1 is 1.30 bits per heavy atom. The van der Waals surface area contributed by atoms with E-state index in [4.69, 9.17) is 9.84 Å². The zero-order valence-electron chi connectivity index (χ0n) is 11.6. The smallest absolute Gasteiger partial charge is 0.324 e. The van der Waals surface area contributed by atoms with Gasteiger partial charge in [0, 0.05) is 13.7 Å². The van der Waals surface area contributed by atoms with Gasteiger partial charge in [-0.25, -0.2) is 8.42 Å². The number of nitrogens with zero attached hydrogens (tertiary/aromatic N) is 1. The van der Waals surface area contributed by atoms with E-state index in [0.717, 1.165) is 9.87 Å². The van der Waals surface area contributed by atoms with Crippen LogP contribution in [0, 0.1) is 6.92 Å². The minimum Gasteiger partial charge on any atom is -0.480 e. The second-order valence-electron chi connectivity index (χ2n) is 4.40. The van der Waals surface area contributed by atoms with Gasteiger partial charge in [0.1, 0.15) is 6.54 Å². The summed E-state index contributed by atoms with van der Waals surface area (Å²) >= 11 is 0. The van der Waals surface area contributed by atoms with Crippen molar-refractivity contribution in [2.75, 3.05) is 30.3 Å². The van der Waals surface area contributed by atoms with Crippen molar-refractivity contribution in [3.8, 4) is 0 Å². The molecule has 0 aromatic heterocycles. The average Bonchev–Trinajstić information content (AvgIpc) is 2.37. The number of methoxy groups -OCH3 is 1. The van der Waals surface area contributed by atoms with Gasteiger partial charge in [-0.1, -0.05) is 17.7 Å². The Morgan fingerprint density at radius 2 is 1.90 bits per heavy atom. The minimum absolute atomic E-state index is 0.151. The van der Waals surface area contributed by atoms with E-state index in [1.54, 1.807) is 24.3 Å². The molecule has 0 heterocycles. The molecule has 0 fully saturated rings. The SMILES string of the molecule is COCCCS(=O)(=O)N(CC(=O)O)c1ccc(C)cc1. The number of ether oxygens (including phenoxy) is 1. The second kappa shape index (κ2) is 7.25. The molecule has 0 aliphatic rings. The van der Waals surface area contributed by atoms with Crippen LogP contribution in [0.3, 0.4) is 0 Å². The van der Waals surface area contributed by atoms with Gasteiger partial charge in [0.05, 0.1) is 11.4 Å². The number of hydrogen-bond donors (Lipinski definition) is 1. The zero-order chi connectivity index (χ0) is 15.2. The van der Waals surface area contributed by atoms with Crippen LogP contribution in [0.5, 0.6) is 0 Å². The maximum absolute atomic E-state index is 12.2. The van der Waals surface area contributed by atoms with E-state index in [9.17, 15) is 13.2 Å². The highest BCUT2D eigenvalue weighted by Gasteiger charge is 2.24. The molecule has 1 aromatic carbocycles. The lowest BCUT2D eigenvalue weighted by Gasteiger charge is -2.22. The van der Waals surface area contributed by atoms with E-state index < -0.39 is 22.5 Å². The van der Waals surface area contributed by atoms with Crippen LogP contribution in [0.1, 0.15) is 12.0 Å². The van der Waals surface area contributed by atoms with Crippen LogP contribution >= 0.6 is 0 Å². The van der Waals surface area contributed by atoms with Crippen molar-refractivity contribution in [1.82, 2.24) is 0 Å². The maximum Gasteiger partial charge on any atom is 0.324 e. The Bertz CT molecular complexity index is 538. The molecule has 0 aliphatic heterocycles. The van der Waals surface area contributed by atoms with Crippen molar-refractivity contribution in [1.29, 1.82) is 0 Å². The molecule has 0 amide bonds. The molecule has 0 unspecified atom stereocenters. The molecule has 6 nitrogen and oxygen atoms in total. The molecule has 0 saturated heterocycles. The monoisotopic (exact) mass is 301 g/mol. The molecular weight excluding hydrogens is 282 g/mol. The first-order valence-corrected chi connectivity index (χ1v) is 7.75. The molecule has 7 heteroatoms. The van der Waals surface area contributed by atoms with Crippen molar-refractivity contribution in [3.63, 3.8) is 0 Å². The molecule has 0 spiro atoms. The third-order valence-electron chi connectivity index (χ3n) is 2.69. The number of carboxylic acid groups (broad SMARTS) is 1. The van der Waals surface area contributed by atoms with Crippen LogP contribution in [0.25, 0.3) is 0 Å². The van der Waals surface area contributed by atoms with Gasteiger partial charge in [-0.2, -0.15) is 0 Å². The predicted octanol–water partition coefficient (Wildman–Crippen LogP) is 1.25. The second-order valence-corrected chi connectivity index (χ2v) is 6.41. The van der Waals surface area contributed by atoms with Crippen LogP contribution < -0.4 is 4.31 Å². The fourth-order valence-corrected chi connectivity index (χ4v) is 3.13. The molecular formula is C13H19NO5S. The standard InChI is InChI=1S/C13H19NO5S/c1-11-4-6-12(7-5-11)14(10-13(15)16)20(17,18)9-3-8-19-2/h4-7H,3,8-10H2,1-2H3,(H,15,16). The van der Waals surface area contributed by atoms with E-state index in [-0.39, 0.29) is 5.75 Å². The van der Waals surface area contributed by atoms with Crippen molar-refractivity contribution >= 4 is 21.7 Å². The summed E-state index contributed by atoms with van der Waals surface area (Å²) in [4.78, 5) is 10.9. The third kappa shape index (κ3) is 4.82. The summed E-state index contributed by atoms with van der Waals surface area (Å²) in [5.41, 5.74) is 1.33. The predicted molar refractivity (Wildman–Crippen MR) is 76.4 cm³/mol. The summed E-state index contributed by atoms with van der Waals surface area (Å²) in [7, 11) is -2.20. The highest BCUT2D eigenvalue weighted by molar-refractivity contribution is 7.92. The van der Waals surface area contributed by atoms with Crippen molar-refractivity contribution < 1.29 is 23.1 Å². The summed E-state index contributed by atoms with van der Waals surface area (Å²) in [5, 5.41) is 8.90. The van der Waals surface area contributed by atoms with Gasteiger partial charge in [-0.15, -0.1) is 0 Å². The summed E-state index contributed by atoms with van der Waals surface area (Å²) in [6, 6.07) is 6.70. The van der Waals surface area contributed by atoms with E-state index in [1.807, 2.05) is 6.92 Å². The van der Waals surface area contributed by atoms with Crippen LogP contribution in [0.4, 0.5) is 5.69 Å². The number of sulfonamides is 1. The molecule has 0 atom stereocenters. The molecule has 1 rings (SSSR count). The maximum atomic E-state index is 12.2. The minimum atomic E-state index is -3.68. The van der Waals surface area contributed by atoms with Gasteiger partial charge in [-0.05, 0) is 25.5 Å². The highest BCUT2D eigenvalue weighted by atomic mass is 32.2. The lowest BCUT2D eigenvalue weighted by atomic mass is 10.2. The summed E-state index contributed by atoms with van der Waals surface area (Å²) in [6.07, 6.45) is 0.320. The molecule has 0 bridgehead atoms. The van der Waals surface area contributed by atoms with Crippen LogP contribution in [-0.4, -0.2) is 45.5 Å². The number of carboxylic acids is 1. The fraction of sp³-hybridized carbons (Fsp3) is 0.462. The molecule has 1 N–H and O–H groups in total. The number of anilines is 1. The van der Waals surface area contributed by atoms with Crippen molar-refractivity contribution in [3.05, 3.63) is 29.8 Å². The first-order chi connectivity index (χ1) is 9.36. The number of hydrogen-bond acceptors (Lipinski definition) is 4. The van der Waals surface area contributed by atoms with Crippen molar-refractivity contribution in [2.24, 2.45) is 0 Å². The van der Waals surface area contributed by atoms with E-state index >= 15 is 0 Å². The molecule has 112 valence electrons. The van der Waals surface area contributed by atoms with Crippen LogP contribution in [0.15, 0.2) is 24.3 Å². The first-order valence-electron chi connectivity index (χ1n) is 6.14. The van der Waals surface area contributed by atoms with Crippen LogP contribution in [-0.2, 0) is 19.6 Å². The van der Waals surface area contributed by atoms with Gasteiger partial charge in [0.25, 0.3) is 0 Å². The molecule has 1 aromatic rings. The molecule has 20 heavy (non-hydrogen) atoms. The number of carbonyl (C=O) groups is 1. The lowest BCUT2D eigenvalue weighted by Crippen LogP contribution is -2.37. The Morgan fingerprint density at radius 3 is 2.40 bits per heavy atom. The average molecular weight is 301 g/mol.